The molecule has 10 nitrogen and oxygen atoms in total. The summed E-state index contributed by atoms with van der Waals surface area (Å²) < 4.78 is 14.7. The summed E-state index contributed by atoms with van der Waals surface area (Å²) >= 11 is 4.06. The first kappa shape index (κ1) is 23.0. The second-order valence-corrected chi connectivity index (χ2v) is 11.5. The summed E-state index contributed by atoms with van der Waals surface area (Å²) in [7, 11) is -1.48. The predicted molar refractivity (Wildman–Crippen MR) is 122 cm³/mol. The van der Waals surface area contributed by atoms with Gasteiger partial charge in [-0.2, -0.15) is 0 Å². The fourth-order valence-electron chi connectivity index (χ4n) is 3.32. The molecule has 0 aliphatic carbocycles. The Morgan fingerprint density at radius 1 is 1.44 bits per heavy atom. The van der Waals surface area contributed by atoms with Crippen molar-refractivity contribution in [2.45, 2.75) is 34.2 Å². The summed E-state index contributed by atoms with van der Waals surface area (Å²) in [5, 5.41) is 22.2. The van der Waals surface area contributed by atoms with Gasteiger partial charge in [-0.25, -0.2) is 4.79 Å². The molecule has 2 aromatic rings. The quantitative estimate of drug-likeness (QED) is 0.372. The lowest BCUT2D eigenvalue weighted by Gasteiger charge is -2.49. The van der Waals surface area contributed by atoms with Crippen molar-refractivity contribution in [2.75, 3.05) is 17.3 Å². The first-order valence-electron chi connectivity index (χ1n) is 9.52. The molecule has 2 aliphatic heterocycles. The van der Waals surface area contributed by atoms with Crippen LogP contribution in [0.25, 0.3) is 0 Å². The fraction of sp³-hybridized carbons (Fsp3) is 0.389. The highest BCUT2D eigenvalue weighted by molar-refractivity contribution is 8.01. The monoisotopic (exact) mass is 513 g/mol. The van der Waals surface area contributed by atoms with Crippen molar-refractivity contribution >= 4 is 63.4 Å². The SMILES string of the molecule is CCn1cnnc1SCC1=C(C(=O)O)N2C(=O)C(NC(=O)CS(=O)c3cccs3)[C@H]2SC1. The Morgan fingerprint density at radius 3 is 2.94 bits per heavy atom. The van der Waals surface area contributed by atoms with E-state index in [-0.39, 0.29) is 11.4 Å². The van der Waals surface area contributed by atoms with Crippen molar-refractivity contribution in [3.8, 4) is 0 Å². The van der Waals surface area contributed by atoms with Crippen LogP contribution in [-0.4, -0.2) is 75.4 Å². The second-order valence-electron chi connectivity index (χ2n) is 6.82. The van der Waals surface area contributed by atoms with E-state index in [9.17, 15) is 23.7 Å². The Kier molecular flexibility index (Phi) is 7.02. The molecule has 4 rings (SSSR count). The number of carbonyl (C=O) groups is 3. The Balaban J connectivity index is 1.42. The minimum atomic E-state index is -1.48. The van der Waals surface area contributed by atoms with E-state index in [1.165, 1.54) is 39.8 Å². The normalized spacial score (nSPS) is 21.2. The number of carboxylic acid groups (broad SMARTS) is 1. The summed E-state index contributed by atoms with van der Waals surface area (Å²) in [5.41, 5.74) is 0.577. The Morgan fingerprint density at radius 2 is 2.25 bits per heavy atom. The average Bonchev–Trinajstić information content (AvgIpc) is 3.47. The van der Waals surface area contributed by atoms with Gasteiger partial charge in [0.2, 0.25) is 5.91 Å². The standard InChI is InChI=1S/C18H19N5O5S4/c1-2-22-9-19-21-18(22)31-7-10-6-30-16-13(15(25)23(16)14(10)17(26)27)20-11(24)8-32(28)12-4-3-5-29-12/h3-5,9,13,16H,2,6-8H2,1H3,(H,20,24)(H,26,27)/t13?,16-,32?/m1/s1. The molecule has 0 spiro atoms. The van der Waals surface area contributed by atoms with E-state index in [1.54, 1.807) is 23.8 Å². The molecule has 2 amide bonds. The van der Waals surface area contributed by atoms with Crippen molar-refractivity contribution in [3.63, 3.8) is 0 Å². The van der Waals surface area contributed by atoms with Gasteiger partial charge in [0.25, 0.3) is 5.91 Å². The van der Waals surface area contributed by atoms with Crippen molar-refractivity contribution in [3.05, 3.63) is 35.1 Å². The topological polar surface area (TPSA) is 134 Å². The number of carboxylic acids is 1. The van der Waals surface area contributed by atoms with E-state index >= 15 is 0 Å². The second kappa shape index (κ2) is 9.77. The molecule has 0 radical (unpaired) electrons. The maximum absolute atomic E-state index is 12.7. The minimum Gasteiger partial charge on any atom is -0.477 e. The van der Waals surface area contributed by atoms with Crippen molar-refractivity contribution < 1.29 is 23.7 Å². The number of amides is 2. The zero-order valence-electron chi connectivity index (χ0n) is 16.8. The molecule has 2 N–H and O–H groups in total. The van der Waals surface area contributed by atoms with Crippen molar-refractivity contribution in [1.82, 2.24) is 25.0 Å². The number of thioether (sulfide) groups is 2. The maximum atomic E-state index is 12.7. The third-order valence-electron chi connectivity index (χ3n) is 4.84. The maximum Gasteiger partial charge on any atom is 0.352 e. The summed E-state index contributed by atoms with van der Waals surface area (Å²) in [4.78, 5) is 38.2. The molecule has 1 fully saturated rings. The number of nitrogens with one attached hydrogen (secondary N) is 1. The molecular weight excluding hydrogens is 494 g/mol. The highest BCUT2D eigenvalue weighted by Crippen LogP contribution is 2.41. The van der Waals surface area contributed by atoms with Gasteiger partial charge >= 0.3 is 5.97 Å². The van der Waals surface area contributed by atoms with Gasteiger partial charge in [-0.1, -0.05) is 17.8 Å². The van der Waals surface area contributed by atoms with Crippen LogP contribution in [0.1, 0.15) is 6.92 Å². The molecule has 2 unspecified atom stereocenters. The molecule has 2 aromatic heterocycles. The number of hydrogen-bond acceptors (Lipinski definition) is 9. The van der Waals surface area contributed by atoms with Gasteiger partial charge in [-0.05, 0) is 23.9 Å². The Hall–Kier alpha value is -2.16. The number of aryl methyl sites for hydroxylation is 1. The molecule has 170 valence electrons. The number of carbonyl (C=O) groups excluding carboxylic acids is 2. The van der Waals surface area contributed by atoms with Crippen LogP contribution in [0.4, 0.5) is 0 Å². The summed E-state index contributed by atoms with van der Waals surface area (Å²) in [6, 6.07) is 2.61. The third kappa shape index (κ3) is 4.49. The van der Waals surface area contributed by atoms with E-state index in [4.69, 9.17) is 0 Å². The van der Waals surface area contributed by atoms with Crippen molar-refractivity contribution in [1.29, 1.82) is 0 Å². The van der Waals surface area contributed by atoms with Gasteiger partial charge in [-0.15, -0.1) is 33.3 Å². The molecule has 1 saturated heterocycles. The van der Waals surface area contributed by atoms with Crippen LogP contribution in [0.15, 0.2) is 44.5 Å². The zero-order valence-corrected chi connectivity index (χ0v) is 20.1. The van der Waals surface area contributed by atoms with Gasteiger partial charge in [0.1, 0.15) is 29.2 Å². The highest BCUT2D eigenvalue weighted by atomic mass is 32.2. The van der Waals surface area contributed by atoms with E-state index in [0.29, 0.717) is 33.0 Å². The molecular formula is C18H19N5O5S4. The summed E-state index contributed by atoms with van der Waals surface area (Å²) in [5.74, 6) is -1.63. The Bertz CT molecular complexity index is 1100. The van der Waals surface area contributed by atoms with E-state index in [1.807, 2.05) is 11.5 Å². The van der Waals surface area contributed by atoms with Gasteiger partial charge in [-0.3, -0.25) is 18.7 Å². The Labute approximate surface area is 198 Å². The van der Waals surface area contributed by atoms with Gasteiger partial charge in [0.05, 0.1) is 15.0 Å². The van der Waals surface area contributed by atoms with Crippen LogP contribution in [0, 0.1) is 0 Å². The first-order chi connectivity index (χ1) is 15.4. The number of β-lactam (4-membered cyclic amide) rings is 1. The van der Waals surface area contributed by atoms with E-state index < -0.39 is 40.0 Å². The van der Waals surface area contributed by atoms with Gasteiger partial charge in [0, 0.05) is 18.1 Å². The van der Waals surface area contributed by atoms with E-state index in [0.717, 1.165) is 0 Å². The first-order valence-corrected chi connectivity index (χ1v) is 13.8. The number of nitrogens with zero attached hydrogens (tertiary/aromatic N) is 4. The molecule has 32 heavy (non-hydrogen) atoms. The number of fused-ring (bicyclic) bond motifs is 1. The van der Waals surface area contributed by atoms with Crippen LogP contribution in [0.2, 0.25) is 0 Å². The molecule has 14 heteroatoms. The summed E-state index contributed by atoms with van der Waals surface area (Å²) in [6.45, 7) is 2.65. The van der Waals surface area contributed by atoms with Crippen molar-refractivity contribution in [2.24, 2.45) is 0 Å². The molecule has 4 heterocycles. The molecule has 0 saturated carbocycles. The molecule has 0 aromatic carbocycles. The summed E-state index contributed by atoms with van der Waals surface area (Å²) in [6.07, 6.45) is 1.61. The highest BCUT2D eigenvalue weighted by Gasteiger charge is 2.54. The van der Waals surface area contributed by atoms with Gasteiger partial charge in [0.15, 0.2) is 5.16 Å². The van der Waals surface area contributed by atoms with Crippen LogP contribution >= 0.6 is 34.9 Å². The minimum absolute atomic E-state index is 0.0403. The molecule has 0 bridgehead atoms. The number of hydrogen-bond donors (Lipinski definition) is 2. The largest absolute Gasteiger partial charge is 0.477 e. The van der Waals surface area contributed by atoms with E-state index in [2.05, 4.69) is 15.5 Å². The number of thiophene rings is 1. The van der Waals surface area contributed by atoms with Crippen LogP contribution in [0.5, 0.6) is 0 Å². The van der Waals surface area contributed by atoms with Crippen LogP contribution < -0.4 is 5.32 Å². The zero-order chi connectivity index (χ0) is 22.8. The number of rotatable bonds is 9. The lowest BCUT2D eigenvalue weighted by Crippen LogP contribution is -2.70. The number of aromatic nitrogens is 3. The van der Waals surface area contributed by atoms with Crippen LogP contribution in [-0.2, 0) is 31.7 Å². The average molecular weight is 514 g/mol. The number of aliphatic carboxylic acids is 1. The lowest BCUT2D eigenvalue weighted by atomic mass is 10.0. The lowest BCUT2D eigenvalue weighted by molar-refractivity contribution is -0.150. The van der Waals surface area contributed by atoms with Gasteiger partial charge < -0.3 is 15.0 Å². The van der Waals surface area contributed by atoms with Crippen LogP contribution in [0.3, 0.4) is 0 Å². The third-order valence-corrected chi connectivity index (χ3v) is 9.87. The predicted octanol–water partition coefficient (Wildman–Crippen LogP) is 0.998. The molecule has 3 atom stereocenters. The smallest absolute Gasteiger partial charge is 0.352 e. The fourth-order valence-corrected chi connectivity index (χ4v) is 7.70. The molecule has 2 aliphatic rings.